The molecule has 28 heavy (non-hydrogen) atoms. The molecule has 0 amide bonds. The molecule has 0 saturated carbocycles. The van der Waals surface area contributed by atoms with Crippen LogP contribution in [0.1, 0.15) is 24.4 Å². The van der Waals surface area contributed by atoms with Gasteiger partial charge in [-0.2, -0.15) is 0 Å². The summed E-state index contributed by atoms with van der Waals surface area (Å²) in [6.07, 6.45) is 2.04. The van der Waals surface area contributed by atoms with Crippen LogP contribution in [0.15, 0.2) is 53.4 Å². The SMILES string of the molecule is COc1ccc(C2CCCN2CCNS(=O)(=O)c2ccccc2[N+](=O)[O-])cc1. The molecular formula is C19H23N3O5S. The highest BCUT2D eigenvalue weighted by molar-refractivity contribution is 7.89. The summed E-state index contributed by atoms with van der Waals surface area (Å²) in [5, 5.41) is 11.1. The number of sulfonamides is 1. The summed E-state index contributed by atoms with van der Waals surface area (Å²) in [5.41, 5.74) is 0.743. The van der Waals surface area contributed by atoms with E-state index in [2.05, 4.69) is 9.62 Å². The number of nitrogens with zero attached hydrogens (tertiary/aromatic N) is 2. The molecule has 1 N–H and O–H groups in total. The highest BCUT2D eigenvalue weighted by atomic mass is 32.2. The number of hydrogen-bond donors (Lipinski definition) is 1. The number of methoxy groups -OCH3 is 1. The fourth-order valence-electron chi connectivity index (χ4n) is 3.53. The zero-order valence-corrected chi connectivity index (χ0v) is 16.4. The first-order valence-corrected chi connectivity index (χ1v) is 10.5. The molecule has 150 valence electrons. The van der Waals surface area contributed by atoms with Crippen LogP contribution >= 0.6 is 0 Å². The Morgan fingerprint density at radius 2 is 1.93 bits per heavy atom. The van der Waals surface area contributed by atoms with Crippen LogP contribution in [-0.2, 0) is 10.0 Å². The molecule has 8 nitrogen and oxygen atoms in total. The smallest absolute Gasteiger partial charge is 0.289 e. The highest BCUT2D eigenvalue weighted by Gasteiger charge is 2.28. The first kappa shape index (κ1) is 20.2. The number of para-hydroxylation sites is 1. The van der Waals surface area contributed by atoms with Crippen molar-refractivity contribution < 1.29 is 18.1 Å². The van der Waals surface area contributed by atoms with Crippen molar-refractivity contribution in [3.63, 3.8) is 0 Å². The molecule has 1 atom stereocenters. The van der Waals surface area contributed by atoms with E-state index >= 15 is 0 Å². The predicted octanol–water partition coefficient (Wildman–Crippen LogP) is 2.72. The number of nitro benzene ring substituents is 1. The van der Waals surface area contributed by atoms with Gasteiger partial charge in [-0.25, -0.2) is 13.1 Å². The molecule has 1 unspecified atom stereocenters. The van der Waals surface area contributed by atoms with E-state index in [4.69, 9.17) is 4.74 Å². The lowest BCUT2D eigenvalue weighted by atomic mass is 10.0. The molecule has 0 bridgehead atoms. The number of rotatable bonds is 8. The summed E-state index contributed by atoms with van der Waals surface area (Å²) < 4.78 is 32.7. The van der Waals surface area contributed by atoms with E-state index in [0.29, 0.717) is 6.54 Å². The quantitative estimate of drug-likeness (QED) is 0.535. The van der Waals surface area contributed by atoms with Gasteiger partial charge in [0.15, 0.2) is 4.90 Å². The standard InChI is InChI=1S/C19H23N3O5S/c1-27-16-10-8-15(9-11-16)17-6-4-13-21(17)14-12-20-28(25,26)19-7-3-2-5-18(19)22(23)24/h2-3,5,7-11,17,20H,4,6,12-14H2,1H3. The fourth-order valence-corrected chi connectivity index (χ4v) is 4.73. The van der Waals surface area contributed by atoms with E-state index in [1.54, 1.807) is 7.11 Å². The maximum Gasteiger partial charge on any atom is 0.289 e. The Kier molecular flexibility index (Phi) is 6.28. The fraction of sp³-hybridized carbons (Fsp3) is 0.368. The molecule has 2 aromatic rings. The van der Waals surface area contributed by atoms with Gasteiger partial charge in [-0.05, 0) is 43.1 Å². The van der Waals surface area contributed by atoms with Crippen molar-refractivity contribution in [2.24, 2.45) is 0 Å². The number of ether oxygens (including phenoxy) is 1. The number of likely N-dealkylation sites (tertiary alicyclic amines) is 1. The van der Waals surface area contributed by atoms with Gasteiger partial charge in [-0.15, -0.1) is 0 Å². The summed E-state index contributed by atoms with van der Waals surface area (Å²) in [6, 6.07) is 13.5. The second-order valence-electron chi connectivity index (χ2n) is 6.59. The maximum absolute atomic E-state index is 12.5. The molecule has 0 aliphatic carbocycles. The molecular weight excluding hydrogens is 382 g/mol. The predicted molar refractivity (Wildman–Crippen MR) is 105 cm³/mol. The minimum Gasteiger partial charge on any atom is -0.497 e. The number of nitro groups is 1. The minimum absolute atomic E-state index is 0.182. The average molecular weight is 405 g/mol. The van der Waals surface area contributed by atoms with Crippen LogP contribution in [0.3, 0.4) is 0 Å². The third-order valence-electron chi connectivity index (χ3n) is 4.91. The van der Waals surface area contributed by atoms with E-state index in [-0.39, 0.29) is 17.5 Å². The number of hydrogen-bond acceptors (Lipinski definition) is 6. The summed E-state index contributed by atoms with van der Waals surface area (Å²) in [7, 11) is -2.33. The average Bonchev–Trinajstić information content (AvgIpc) is 3.16. The van der Waals surface area contributed by atoms with Crippen LogP contribution in [0.25, 0.3) is 0 Å². The second-order valence-corrected chi connectivity index (χ2v) is 8.33. The number of benzene rings is 2. The van der Waals surface area contributed by atoms with Crippen LogP contribution < -0.4 is 9.46 Å². The molecule has 0 spiro atoms. The Bertz CT molecular complexity index is 931. The largest absolute Gasteiger partial charge is 0.497 e. The molecule has 3 rings (SSSR count). The molecule has 1 heterocycles. The monoisotopic (exact) mass is 405 g/mol. The topological polar surface area (TPSA) is 102 Å². The molecule has 0 radical (unpaired) electrons. The Morgan fingerprint density at radius 3 is 2.61 bits per heavy atom. The molecule has 0 aromatic heterocycles. The molecule has 1 fully saturated rings. The molecule has 9 heteroatoms. The van der Waals surface area contributed by atoms with E-state index in [1.807, 2.05) is 24.3 Å². The minimum atomic E-state index is -3.95. The van der Waals surface area contributed by atoms with E-state index < -0.39 is 20.6 Å². The normalized spacial score (nSPS) is 17.5. The lowest BCUT2D eigenvalue weighted by molar-refractivity contribution is -0.387. The summed E-state index contributed by atoms with van der Waals surface area (Å²) >= 11 is 0. The van der Waals surface area contributed by atoms with Gasteiger partial charge in [0.05, 0.1) is 12.0 Å². The molecule has 1 aliphatic heterocycles. The van der Waals surface area contributed by atoms with Crippen molar-refractivity contribution in [1.29, 1.82) is 0 Å². The highest BCUT2D eigenvalue weighted by Crippen LogP contribution is 2.32. The Morgan fingerprint density at radius 1 is 1.21 bits per heavy atom. The summed E-state index contributed by atoms with van der Waals surface area (Å²) in [4.78, 5) is 12.3. The van der Waals surface area contributed by atoms with Crippen LogP contribution in [-0.4, -0.2) is 45.0 Å². The van der Waals surface area contributed by atoms with Crippen molar-refractivity contribution in [3.05, 3.63) is 64.2 Å². The third kappa shape index (κ3) is 4.49. The van der Waals surface area contributed by atoms with Gasteiger partial charge in [-0.3, -0.25) is 15.0 Å². The molecule has 1 aliphatic rings. The molecule has 2 aromatic carbocycles. The van der Waals surface area contributed by atoms with Gasteiger partial charge in [-0.1, -0.05) is 24.3 Å². The van der Waals surface area contributed by atoms with Gasteiger partial charge >= 0.3 is 0 Å². The van der Waals surface area contributed by atoms with Crippen molar-refractivity contribution >= 4 is 15.7 Å². The number of nitrogens with one attached hydrogen (secondary N) is 1. The first-order chi connectivity index (χ1) is 13.4. The van der Waals surface area contributed by atoms with E-state index in [0.717, 1.165) is 25.1 Å². The van der Waals surface area contributed by atoms with Crippen molar-refractivity contribution in [2.45, 2.75) is 23.8 Å². The van der Waals surface area contributed by atoms with E-state index in [9.17, 15) is 18.5 Å². The van der Waals surface area contributed by atoms with Gasteiger partial charge in [0.2, 0.25) is 10.0 Å². The third-order valence-corrected chi connectivity index (χ3v) is 6.42. The Labute approximate surface area is 164 Å². The maximum atomic E-state index is 12.5. The van der Waals surface area contributed by atoms with Crippen LogP contribution in [0.2, 0.25) is 0 Å². The van der Waals surface area contributed by atoms with Crippen molar-refractivity contribution in [3.8, 4) is 5.75 Å². The molecule has 1 saturated heterocycles. The summed E-state index contributed by atoms with van der Waals surface area (Å²) in [6.45, 7) is 1.58. The van der Waals surface area contributed by atoms with Gasteiger partial charge in [0, 0.05) is 25.2 Å². The summed E-state index contributed by atoms with van der Waals surface area (Å²) in [5.74, 6) is 0.797. The zero-order chi connectivity index (χ0) is 20.1. The lowest BCUT2D eigenvalue weighted by Gasteiger charge is -2.25. The van der Waals surface area contributed by atoms with Crippen LogP contribution in [0, 0.1) is 10.1 Å². The van der Waals surface area contributed by atoms with Gasteiger partial charge in [0.25, 0.3) is 5.69 Å². The van der Waals surface area contributed by atoms with Crippen LogP contribution in [0.5, 0.6) is 5.75 Å². The van der Waals surface area contributed by atoms with Crippen molar-refractivity contribution in [2.75, 3.05) is 26.7 Å². The zero-order valence-electron chi connectivity index (χ0n) is 15.6. The van der Waals surface area contributed by atoms with E-state index in [1.165, 1.54) is 29.8 Å². The lowest BCUT2D eigenvalue weighted by Crippen LogP contribution is -2.35. The first-order valence-electron chi connectivity index (χ1n) is 9.03. The van der Waals surface area contributed by atoms with Crippen molar-refractivity contribution in [1.82, 2.24) is 9.62 Å². The Balaban J connectivity index is 1.64. The second kappa shape index (κ2) is 8.68. The Hall–Kier alpha value is -2.49. The van der Waals surface area contributed by atoms with Gasteiger partial charge in [0.1, 0.15) is 5.75 Å². The van der Waals surface area contributed by atoms with Crippen LogP contribution in [0.4, 0.5) is 5.69 Å². The van der Waals surface area contributed by atoms with Gasteiger partial charge < -0.3 is 4.74 Å².